The molecule has 1 aromatic heterocycles. The summed E-state index contributed by atoms with van der Waals surface area (Å²) in [6, 6.07) is 1.93. The molecule has 0 saturated heterocycles. The first kappa shape index (κ1) is 14.2. The van der Waals surface area contributed by atoms with Crippen molar-refractivity contribution >= 4 is 17.3 Å². The first-order valence-corrected chi connectivity index (χ1v) is 6.90. The predicted molar refractivity (Wildman–Crippen MR) is 71.3 cm³/mol. The summed E-state index contributed by atoms with van der Waals surface area (Å²) in [5, 5.41) is 7.48. The molecule has 0 aliphatic carbocycles. The first-order valence-electron chi connectivity index (χ1n) is 5.95. The van der Waals surface area contributed by atoms with Gasteiger partial charge in [0.25, 0.3) is 0 Å². The lowest BCUT2D eigenvalue weighted by Gasteiger charge is -2.18. The van der Waals surface area contributed by atoms with Crippen molar-refractivity contribution in [3.8, 4) is 0 Å². The van der Waals surface area contributed by atoms with Crippen molar-refractivity contribution in [2.24, 2.45) is 5.92 Å². The molecule has 4 heteroatoms. The van der Waals surface area contributed by atoms with E-state index in [1.165, 1.54) is 12.7 Å². The number of thiophene rings is 1. The maximum absolute atomic E-state index is 11.6. The summed E-state index contributed by atoms with van der Waals surface area (Å²) in [6.07, 6.45) is 1.77. The maximum Gasteiger partial charge on any atom is 0.322 e. The Hall–Kier alpha value is -0.870. The van der Waals surface area contributed by atoms with Gasteiger partial charge in [0.05, 0.1) is 7.11 Å². The number of nitrogens with one attached hydrogen (secondary N) is 1. The minimum absolute atomic E-state index is 0.163. The molecule has 0 saturated carbocycles. The van der Waals surface area contributed by atoms with Crippen LogP contribution in [0.15, 0.2) is 16.8 Å². The molecule has 96 valence electrons. The SMILES string of the molecule is COC(=O)C(CC(C)C)NCCc1ccsc1. The van der Waals surface area contributed by atoms with Gasteiger partial charge in [-0.2, -0.15) is 11.3 Å². The lowest BCUT2D eigenvalue weighted by Crippen LogP contribution is -2.39. The highest BCUT2D eigenvalue weighted by Gasteiger charge is 2.19. The number of methoxy groups -OCH3 is 1. The molecule has 0 radical (unpaired) electrons. The van der Waals surface area contributed by atoms with Crippen LogP contribution in [-0.4, -0.2) is 25.7 Å². The van der Waals surface area contributed by atoms with Crippen molar-refractivity contribution in [2.75, 3.05) is 13.7 Å². The van der Waals surface area contributed by atoms with Gasteiger partial charge in [-0.1, -0.05) is 13.8 Å². The molecule has 1 heterocycles. The molecule has 0 aliphatic heterocycles. The largest absolute Gasteiger partial charge is 0.468 e. The zero-order chi connectivity index (χ0) is 12.7. The van der Waals surface area contributed by atoms with E-state index < -0.39 is 0 Å². The molecular formula is C13H21NO2S. The standard InChI is InChI=1S/C13H21NO2S/c1-10(2)8-12(13(15)16-3)14-6-4-11-5-7-17-9-11/h5,7,9-10,12,14H,4,6,8H2,1-3H3. The summed E-state index contributed by atoms with van der Waals surface area (Å²) in [7, 11) is 1.44. The third kappa shape index (κ3) is 5.33. The molecule has 0 bridgehead atoms. The Morgan fingerprint density at radius 3 is 2.82 bits per heavy atom. The third-order valence-corrected chi connectivity index (χ3v) is 3.31. The van der Waals surface area contributed by atoms with E-state index in [0.717, 1.165) is 19.4 Å². The highest BCUT2D eigenvalue weighted by atomic mass is 32.1. The Balaban J connectivity index is 2.35. The highest BCUT2D eigenvalue weighted by molar-refractivity contribution is 7.07. The molecule has 17 heavy (non-hydrogen) atoms. The van der Waals surface area contributed by atoms with Crippen LogP contribution in [0.4, 0.5) is 0 Å². The third-order valence-electron chi connectivity index (χ3n) is 2.58. The predicted octanol–water partition coefficient (Wildman–Crippen LogP) is 2.47. The van der Waals surface area contributed by atoms with Crippen LogP contribution in [-0.2, 0) is 16.0 Å². The van der Waals surface area contributed by atoms with E-state index in [-0.39, 0.29) is 12.0 Å². The lowest BCUT2D eigenvalue weighted by molar-refractivity contribution is -0.143. The van der Waals surface area contributed by atoms with Crippen LogP contribution in [0.1, 0.15) is 25.8 Å². The summed E-state index contributed by atoms with van der Waals surface area (Å²) in [5.74, 6) is 0.316. The summed E-state index contributed by atoms with van der Waals surface area (Å²) in [5.41, 5.74) is 1.32. The van der Waals surface area contributed by atoms with Crippen LogP contribution < -0.4 is 5.32 Å². The van der Waals surface area contributed by atoms with Gasteiger partial charge in [0.15, 0.2) is 0 Å². The van der Waals surface area contributed by atoms with Gasteiger partial charge in [0.2, 0.25) is 0 Å². The molecule has 1 N–H and O–H groups in total. The van der Waals surface area contributed by atoms with Gasteiger partial charge in [0, 0.05) is 0 Å². The average Bonchev–Trinajstić information content (AvgIpc) is 2.79. The zero-order valence-electron chi connectivity index (χ0n) is 10.7. The van der Waals surface area contributed by atoms with Crippen LogP contribution in [0.2, 0.25) is 0 Å². The van der Waals surface area contributed by atoms with E-state index in [4.69, 9.17) is 4.74 Å². The number of carbonyl (C=O) groups excluding carboxylic acids is 1. The highest BCUT2D eigenvalue weighted by Crippen LogP contribution is 2.08. The second kappa shape index (κ2) is 7.45. The van der Waals surface area contributed by atoms with E-state index in [0.29, 0.717) is 5.92 Å². The Bertz CT molecular complexity index is 322. The Labute approximate surface area is 107 Å². The molecule has 0 aromatic carbocycles. The van der Waals surface area contributed by atoms with Gasteiger partial charge in [0.1, 0.15) is 6.04 Å². The fourth-order valence-corrected chi connectivity index (χ4v) is 2.41. The molecule has 1 atom stereocenters. The molecule has 1 aromatic rings. The minimum Gasteiger partial charge on any atom is -0.468 e. The Morgan fingerprint density at radius 1 is 1.53 bits per heavy atom. The van der Waals surface area contributed by atoms with E-state index in [1.807, 2.05) is 0 Å². The van der Waals surface area contributed by atoms with Crippen molar-refractivity contribution in [3.05, 3.63) is 22.4 Å². The van der Waals surface area contributed by atoms with Gasteiger partial charge >= 0.3 is 5.97 Å². The molecule has 0 spiro atoms. The van der Waals surface area contributed by atoms with Crippen LogP contribution in [0, 0.1) is 5.92 Å². The van der Waals surface area contributed by atoms with Gasteiger partial charge in [-0.25, -0.2) is 0 Å². The minimum atomic E-state index is -0.182. The lowest BCUT2D eigenvalue weighted by atomic mass is 10.0. The molecule has 0 fully saturated rings. The van der Waals surface area contributed by atoms with Crippen molar-refractivity contribution in [1.82, 2.24) is 5.32 Å². The van der Waals surface area contributed by atoms with Crippen molar-refractivity contribution in [3.63, 3.8) is 0 Å². The topological polar surface area (TPSA) is 38.3 Å². The van der Waals surface area contributed by atoms with E-state index in [1.54, 1.807) is 11.3 Å². The van der Waals surface area contributed by atoms with Gasteiger partial charge in [-0.15, -0.1) is 0 Å². The fraction of sp³-hybridized carbons (Fsp3) is 0.615. The zero-order valence-corrected chi connectivity index (χ0v) is 11.5. The number of esters is 1. The van der Waals surface area contributed by atoms with E-state index in [9.17, 15) is 4.79 Å². The number of ether oxygens (including phenoxy) is 1. The first-order chi connectivity index (χ1) is 8.13. The van der Waals surface area contributed by atoms with Crippen molar-refractivity contribution < 1.29 is 9.53 Å². The van der Waals surface area contributed by atoms with E-state index >= 15 is 0 Å². The number of carbonyl (C=O) groups is 1. The molecular weight excluding hydrogens is 234 g/mol. The summed E-state index contributed by atoms with van der Waals surface area (Å²) in [4.78, 5) is 11.6. The number of hydrogen-bond acceptors (Lipinski definition) is 4. The summed E-state index contributed by atoms with van der Waals surface area (Å²) < 4.78 is 4.80. The normalized spacial score (nSPS) is 12.7. The fourth-order valence-electron chi connectivity index (χ4n) is 1.70. The van der Waals surface area contributed by atoms with E-state index in [2.05, 4.69) is 36.0 Å². The quantitative estimate of drug-likeness (QED) is 0.761. The van der Waals surface area contributed by atoms with Crippen molar-refractivity contribution in [1.29, 1.82) is 0 Å². The average molecular weight is 255 g/mol. The van der Waals surface area contributed by atoms with Crippen LogP contribution >= 0.6 is 11.3 Å². The monoisotopic (exact) mass is 255 g/mol. The number of hydrogen-bond donors (Lipinski definition) is 1. The summed E-state index contributed by atoms with van der Waals surface area (Å²) in [6.45, 7) is 5.02. The second-order valence-corrected chi connectivity index (χ2v) is 5.32. The molecule has 3 nitrogen and oxygen atoms in total. The number of rotatable bonds is 7. The Kier molecular flexibility index (Phi) is 6.22. The maximum atomic E-state index is 11.6. The molecule has 1 unspecified atom stereocenters. The van der Waals surface area contributed by atoms with Gasteiger partial charge in [-0.3, -0.25) is 4.79 Å². The molecule has 1 rings (SSSR count). The van der Waals surface area contributed by atoms with Crippen molar-refractivity contribution in [2.45, 2.75) is 32.7 Å². The van der Waals surface area contributed by atoms with Gasteiger partial charge < -0.3 is 10.1 Å². The second-order valence-electron chi connectivity index (χ2n) is 4.54. The molecule has 0 aliphatic rings. The van der Waals surface area contributed by atoms with Crippen LogP contribution in [0.25, 0.3) is 0 Å². The van der Waals surface area contributed by atoms with Crippen LogP contribution in [0.5, 0.6) is 0 Å². The van der Waals surface area contributed by atoms with Crippen LogP contribution in [0.3, 0.4) is 0 Å². The van der Waals surface area contributed by atoms with Gasteiger partial charge in [-0.05, 0) is 47.7 Å². The smallest absolute Gasteiger partial charge is 0.322 e. The summed E-state index contributed by atoms with van der Waals surface area (Å²) >= 11 is 1.70. The Morgan fingerprint density at radius 2 is 2.29 bits per heavy atom. The molecule has 0 amide bonds.